The van der Waals surface area contributed by atoms with Gasteiger partial charge in [0.05, 0.1) is 23.9 Å². The van der Waals surface area contributed by atoms with Gasteiger partial charge in [-0.3, -0.25) is 4.98 Å². The molecular formula is C16H11N7S. The van der Waals surface area contributed by atoms with Gasteiger partial charge in [-0.15, -0.1) is 10.2 Å². The minimum absolute atomic E-state index is 0.563. The van der Waals surface area contributed by atoms with Crippen molar-refractivity contribution in [3.8, 4) is 10.7 Å². The second kappa shape index (κ2) is 5.20. The van der Waals surface area contributed by atoms with Crippen LogP contribution in [0.2, 0.25) is 0 Å². The third-order valence-electron chi connectivity index (χ3n) is 3.78. The monoisotopic (exact) mass is 333 g/mol. The number of nitrogens with zero attached hydrogens (tertiary/aromatic N) is 7. The molecule has 0 atom stereocenters. The Balaban J connectivity index is 1.57. The maximum absolute atomic E-state index is 4.62. The Labute approximate surface area is 140 Å². The van der Waals surface area contributed by atoms with Gasteiger partial charge in [0.2, 0.25) is 4.96 Å². The quantitative estimate of drug-likeness (QED) is 0.507. The number of rotatable bonds is 3. The van der Waals surface area contributed by atoms with Crippen LogP contribution in [-0.4, -0.2) is 34.3 Å². The SMILES string of the molecule is c1ccc(-c2nn3c(Cn4cnc5ccccc54)nnc3s2)nc1. The lowest BCUT2D eigenvalue weighted by atomic mass is 10.3. The molecule has 24 heavy (non-hydrogen) atoms. The van der Waals surface area contributed by atoms with E-state index in [0.717, 1.165) is 32.5 Å². The minimum Gasteiger partial charge on any atom is -0.323 e. The molecule has 0 N–H and O–H groups in total. The van der Waals surface area contributed by atoms with Crippen LogP contribution in [0.4, 0.5) is 0 Å². The second-order valence-electron chi connectivity index (χ2n) is 5.29. The zero-order chi connectivity index (χ0) is 15.9. The van der Waals surface area contributed by atoms with Crippen molar-refractivity contribution in [2.45, 2.75) is 6.54 Å². The number of fused-ring (bicyclic) bond motifs is 2. The van der Waals surface area contributed by atoms with Gasteiger partial charge in [-0.25, -0.2) is 4.98 Å². The van der Waals surface area contributed by atoms with E-state index in [4.69, 9.17) is 0 Å². The van der Waals surface area contributed by atoms with Crippen LogP contribution in [0.3, 0.4) is 0 Å². The number of hydrogen-bond acceptors (Lipinski definition) is 6. The highest BCUT2D eigenvalue weighted by molar-refractivity contribution is 7.19. The normalized spacial score (nSPS) is 11.5. The first-order valence-corrected chi connectivity index (χ1v) is 8.22. The third kappa shape index (κ3) is 2.08. The van der Waals surface area contributed by atoms with Gasteiger partial charge in [0.15, 0.2) is 10.8 Å². The summed E-state index contributed by atoms with van der Waals surface area (Å²) in [6.45, 7) is 0.563. The van der Waals surface area contributed by atoms with Crippen LogP contribution >= 0.6 is 11.3 Å². The highest BCUT2D eigenvalue weighted by Crippen LogP contribution is 2.24. The predicted molar refractivity (Wildman–Crippen MR) is 90.7 cm³/mol. The molecule has 0 aliphatic carbocycles. The lowest BCUT2D eigenvalue weighted by Gasteiger charge is -2.01. The van der Waals surface area contributed by atoms with E-state index in [1.807, 2.05) is 53.4 Å². The van der Waals surface area contributed by atoms with Crippen LogP contribution in [0.25, 0.3) is 26.7 Å². The van der Waals surface area contributed by atoms with Gasteiger partial charge in [0.25, 0.3) is 0 Å². The topological polar surface area (TPSA) is 73.8 Å². The lowest BCUT2D eigenvalue weighted by molar-refractivity contribution is 0.726. The molecule has 0 fully saturated rings. The fourth-order valence-electron chi connectivity index (χ4n) is 2.64. The van der Waals surface area contributed by atoms with Crippen molar-refractivity contribution in [3.63, 3.8) is 0 Å². The minimum atomic E-state index is 0.563. The number of pyridine rings is 1. The second-order valence-corrected chi connectivity index (χ2v) is 6.25. The van der Waals surface area contributed by atoms with Crippen LogP contribution in [0.5, 0.6) is 0 Å². The number of aromatic nitrogens is 7. The molecule has 116 valence electrons. The van der Waals surface area contributed by atoms with E-state index in [-0.39, 0.29) is 0 Å². The first kappa shape index (κ1) is 13.3. The third-order valence-corrected chi connectivity index (χ3v) is 4.70. The van der Waals surface area contributed by atoms with Crippen molar-refractivity contribution in [3.05, 3.63) is 60.8 Å². The highest BCUT2D eigenvalue weighted by atomic mass is 32.1. The van der Waals surface area contributed by atoms with Crippen molar-refractivity contribution in [1.82, 2.24) is 34.3 Å². The summed E-state index contributed by atoms with van der Waals surface area (Å²) >= 11 is 1.48. The van der Waals surface area contributed by atoms with Crippen LogP contribution in [0.1, 0.15) is 5.82 Å². The van der Waals surface area contributed by atoms with Gasteiger partial charge >= 0.3 is 0 Å². The summed E-state index contributed by atoms with van der Waals surface area (Å²) in [5, 5.41) is 13.9. The van der Waals surface area contributed by atoms with Gasteiger partial charge in [-0.2, -0.15) is 9.61 Å². The first-order chi connectivity index (χ1) is 11.9. The maximum Gasteiger partial charge on any atom is 0.235 e. The molecule has 0 bridgehead atoms. The van der Waals surface area contributed by atoms with Crippen LogP contribution in [0, 0.1) is 0 Å². The summed E-state index contributed by atoms with van der Waals surface area (Å²) in [7, 11) is 0. The molecule has 0 saturated carbocycles. The van der Waals surface area contributed by atoms with Gasteiger partial charge in [-0.1, -0.05) is 29.5 Å². The molecule has 0 amide bonds. The van der Waals surface area contributed by atoms with Gasteiger partial charge < -0.3 is 4.57 Å². The van der Waals surface area contributed by atoms with Crippen LogP contribution in [0.15, 0.2) is 55.0 Å². The number of benzene rings is 1. The molecule has 4 heterocycles. The summed E-state index contributed by atoms with van der Waals surface area (Å²) in [6.07, 6.45) is 3.58. The average Bonchev–Trinajstić information content (AvgIpc) is 3.32. The summed E-state index contributed by atoms with van der Waals surface area (Å²) < 4.78 is 3.83. The van der Waals surface area contributed by atoms with E-state index in [0.29, 0.717) is 6.54 Å². The molecular weight excluding hydrogens is 322 g/mol. The first-order valence-electron chi connectivity index (χ1n) is 7.41. The fraction of sp³-hybridized carbons (Fsp3) is 0.0625. The van der Waals surface area contributed by atoms with E-state index >= 15 is 0 Å². The molecule has 1 aromatic carbocycles. The van der Waals surface area contributed by atoms with Crippen LogP contribution in [-0.2, 0) is 6.54 Å². The molecule has 8 heteroatoms. The molecule has 5 rings (SSSR count). The number of para-hydroxylation sites is 2. The average molecular weight is 333 g/mol. The van der Waals surface area contributed by atoms with Crippen molar-refractivity contribution in [2.75, 3.05) is 0 Å². The molecule has 0 radical (unpaired) electrons. The molecule has 5 aromatic rings. The van der Waals surface area contributed by atoms with Gasteiger partial charge in [0, 0.05) is 6.20 Å². The highest BCUT2D eigenvalue weighted by Gasteiger charge is 2.14. The van der Waals surface area contributed by atoms with Crippen molar-refractivity contribution in [2.24, 2.45) is 0 Å². The van der Waals surface area contributed by atoms with E-state index in [1.54, 1.807) is 10.7 Å². The molecule has 0 saturated heterocycles. The predicted octanol–water partition coefficient (Wildman–Crippen LogP) is 2.65. The fourth-order valence-corrected chi connectivity index (χ4v) is 3.47. The Morgan fingerprint density at radius 1 is 0.958 bits per heavy atom. The largest absolute Gasteiger partial charge is 0.323 e. The molecule has 0 aliphatic rings. The Morgan fingerprint density at radius 3 is 2.79 bits per heavy atom. The summed E-state index contributed by atoms with van der Waals surface area (Å²) in [5.41, 5.74) is 2.87. The smallest absolute Gasteiger partial charge is 0.235 e. The molecule has 7 nitrogen and oxygen atoms in total. The summed E-state index contributed by atoms with van der Waals surface area (Å²) in [6, 6.07) is 13.8. The summed E-state index contributed by atoms with van der Waals surface area (Å²) in [5.74, 6) is 0.770. The van der Waals surface area contributed by atoms with E-state index in [1.165, 1.54) is 11.3 Å². The number of imidazole rings is 1. The lowest BCUT2D eigenvalue weighted by Crippen LogP contribution is -2.04. The number of hydrogen-bond donors (Lipinski definition) is 0. The van der Waals surface area contributed by atoms with Gasteiger partial charge in [0.1, 0.15) is 5.69 Å². The van der Waals surface area contributed by atoms with Crippen LogP contribution < -0.4 is 0 Å². The zero-order valence-corrected chi connectivity index (χ0v) is 13.3. The Hall–Kier alpha value is -3.13. The Morgan fingerprint density at radius 2 is 1.88 bits per heavy atom. The van der Waals surface area contributed by atoms with E-state index < -0.39 is 0 Å². The van der Waals surface area contributed by atoms with E-state index in [9.17, 15) is 0 Å². The molecule has 0 spiro atoms. The standard InChI is InChI=1S/C16H11N7S/c1-2-7-13-11(5-1)18-10-22(13)9-14-19-20-16-23(14)21-15(24-16)12-6-3-4-8-17-12/h1-8,10H,9H2. The summed E-state index contributed by atoms with van der Waals surface area (Å²) in [4.78, 5) is 9.51. The Bertz CT molecular complexity index is 1140. The zero-order valence-electron chi connectivity index (χ0n) is 12.4. The molecule has 0 aliphatic heterocycles. The van der Waals surface area contributed by atoms with Crippen molar-refractivity contribution in [1.29, 1.82) is 0 Å². The van der Waals surface area contributed by atoms with Gasteiger partial charge in [-0.05, 0) is 24.3 Å². The van der Waals surface area contributed by atoms with Crippen molar-refractivity contribution >= 4 is 27.3 Å². The maximum atomic E-state index is 4.62. The Kier molecular flexibility index (Phi) is 2.89. The van der Waals surface area contributed by atoms with Crippen molar-refractivity contribution < 1.29 is 0 Å². The molecule has 0 unspecified atom stereocenters. The molecule has 4 aromatic heterocycles. The van der Waals surface area contributed by atoms with E-state index in [2.05, 4.69) is 25.3 Å².